The van der Waals surface area contributed by atoms with Crippen molar-refractivity contribution in [2.75, 3.05) is 26.7 Å². The smallest absolute Gasteiger partial charge is 0.336 e. The van der Waals surface area contributed by atoms with Crippen LogP contribution in [0.1, 0.15) is 12.8 Å². The van der Waals surface area contributed by atoms with Gasteiger partial charge in [-0.15, -0.1) is 12.4 Å². The lowest BCUT2D eigenvalue weighted by atomic mass is 9.98. The van der Waals surface area contributed by atoms with Gasteiger partial charge in [-0.2, -0.15) is 13.2 Å². The normalized spacial score (nSPS) is 21.1. The van der Waals surface area contributed by atoms with E-state index >= 15 is 0 Å². The quantitative estimate of drug-likeness (QED) is 0.815. The fourth-order valence-corrected chi connectivity index (χ4v) is 1.72. The molecule has 0 saturated carbocycles. The third kappa shape index (κ3) is 5.03. The fraction of sp³-hybridized carbons (Fsp3) is 0.889. The summed E-state index contributed by atoms with van der Waals surface area (Å²) < 4.78 is 36.1. The van der Waals surface area contributed by atoms with E-state index in [9.17, 15) is 18.0 Å². The first-order valence-electron chi connectivity index (χ1n) is 4.92. The number of piperidine rings is 1. The maximum absolute atomic E-state index is 12.0. The molecule has 0 aromatic carbocycles. The van der Waals surface area contributed by atoms with Crippen LogP contribution in [-0.2, 0) is 4.79 Å². The maximum atomic E-state index is 12.0. The van der Waals surface area contributed by atoms with E-state index in [1.165, 1.54) is 7.05 Å². The van der Waals surface area contributed by atoms with Gasteiger partial charge in [0.05, 0.1) is 5.92 Å². The summed E-state index contributed by atoms with van der Waals surface area (Å²) in [6.45, 7) is 0.163. The minimum atomic E-state index is -4.31. The predicted molar refractivity (Wildman–Crippen MR) is 56.5 cm³/mol. The monoisotopic (exact) mass is 260 g/mol. The average molecular weight is 261 g/mol. The lowest BCUT2D eigenvalue weighted by Crippen LogP contribution is -2.44. The number of amides is 1. The molecule has 1 rings (SSSR count). The van der Waals surface area contributed by atoms with Crippen molar-refractivity contribution in [3.63, 3.8) is 0 Å². The Bertz CT molecular complexity index is 229. The van der Waals surface area contributed by atoms with Gasteiger partial charge in [-0.25, -0.2) is 0 Å². The van der Waals surface area contributed by atoms with E-state index in [0.717, 1.165) is 17.9 Å². The van der Waals surface area contributed by atoms with Gasteiger partial charge in [-0.05, 0) is 19.4 Å². The van der Waals surface area contributed by atoms with Crippen LogP contribution < -0.4 is 5.32 Å². The Kier molecular flexibility index (Phi) is 6.10. The largest absolute Gasteiger partial charge is 0.406 e. The molecular weight excluding hydrogens is 245 g/mol. The molecule has 0 aromatic heterocycles. The number of hydrogen-bond acceptors (Lipinski definition) is 2. The molecule has 0 aromatic rings. The minimum absolute atomic E-state index is 0. The molecule has 1 aliphatic rings. The number of halogens is 4. The molecule has 0 bridgehead atoms. The number of rotatable bonds is 2. The number of nitrogens with zero attached hydrogens (tertiary/aromatic N) is 1. The zero-order chi connectivity index (χ0) is 11.5. The molecule has 96 valence electrons. The van der Waals surface area contributed by atoms with Crippen molar-refractivity contribution in [3.05, 3.63) is 0 Å². The Morgan fingerprint density at radius 3 is 2.56 bits per heavy atom. The zero-order valence-electron chi connectivity index (χ0n) is 9.01. The van der Waals surface area contributed by atoms with Gasteiger partial charge in [-0.1, -0.05) is 0 Å². The third-order valence-electron chi connectivity index (χ3n) is 2.44. The average Bonchev–Trinajstić information content (AvgIpc) is 2.15. The molecule has 1 N–H and O–H groups in total. The molecule has 7 heteroatoms. The lowest BCUT2D eigenvalue weighted by Gasteiger charge is -2.27. The molecule has 0 spiro atoms. The molecule has 1 atom stereocenters. The first-order valence-corrected chi connectivity index (χ1v) is 4.92. The fourth-order valence-electron chi connectivity index (χ4n) is 1.72. The van der Waals surface area contributed by atoms with Gasteiger partial charge in [0.2, 0.25) is 5.91 Å². The van der Waals surface area contributed by atoms with Gasteiger partial charge in [0.25, 0.3) is 0 Å². The van der Waals surface area contributed by atoms with Crippen LogP contribution >= 0.6 is 12.4 Å². The molecule has 3 nitrogen and oxygen atoms in total. The third-order valence-corrected chi connectivity index (χ3v) is 2.44. The van der Waals surface area contributed by atoms with E-state index in [0.29, 0.717) is 13.0 Å². The van der Waals surface area contributed by atoms with Crippen LogP contribution in [0.5, 0.6) is 0 Å². The van der Waals surface area contributed by atoms with Crippen LogP contribution in [0, 0.1) is 5.92 Å². The number of carbonyl (C=O) groups is 1. The molecular formula is C9H16ClF3N2O. The van der Waals surface area contributed by atoms with Crippen molar-refractivity contribution < 1.29 is 18.0 Å². The second kappa shape index (κ2) is 6.30. The summed E-state index contributed by atoms with van der Waals surface area (Å²) in [6, 6.07) is 0. The van der Waals surface area contributed by atoms with Crippen LogP contribution in [0.2, 0.25) is 0 Å². The van der Waals surface area contributed by atoms with Gasteiger partial charge in [0.1, 0.15) is 6.54 Å². The van der Waals surface area contributed by atoms with E-state index in [2.05, 4.69) is 5.32 Å². The van der Waals surface area contributed by atoms with E-state index in [-0.39, 0.29) is 18.3 Å². The predicted octanol–water partition coefficient (Wildman–Crippen LogP) is 1.43. The molecule has 1 aliphatic heterocycles. The highest BCUT2D eigenvalue weighted by molar-refractivity contribution is 5.85. The highest BCUT2D eigenvalue weighted by atomic mass is 35.5. The summed E-state index contributed by atoms with van der Waals surface area (Å²) in [5, 5.41) is 3.00. The Balaban J connectivity index is 0.00000225. The van der Waals surface area contributed by atoms with Crippen molar-refractivity contribution in [1.29, 1.82) is 0 Å². The number of hydrogen-bond donors (Lipinski definition) is 1. The summed E-state index contributed by atoms with van der Waals surface area (Å²) in [5.41, 5.74) is 0. The summed E-state index contributed by atoms with van der Waals surface area (Å²) in [6.07, 6.45) is -2.79. The van der Waals surface area contributed by atoms with Crippen LogP contribution in [0.3, 0.4) is 0 Å². The Labute approximate surface area is 98.8 Å². The molecule has 1 saturated heterocycles. The van der Waals surface area contributed by atoms with Crippen molar-refractivity contribution >= 4 is 18.3 Å². The summed E-state index contributed by atoms with van der Waals surface area (Å²) >= 11 is 0. The second-order valence-corrected chi connectivity index (χ2v) is 3.85. The Hall–Kier alpha value is -0.490. The van der Waals surface area contributed by atoms with E-state index in [4.69, 9.17) is 0 Å². The zero-order valence-corrected chi connectivity index (χ0v) is 9.83. The molecule has 0 aliphatic carbocycles. The van der Waals surface area contributed by atoms with Crippen molar-refractivity contribution in [1.82, 2.24) is 10.2 Å². The van der Waals surface area contributed by atoms with E-state index in [1.54, 1.807) is 0 Å². The van der Waals surface area contributed by atoms with Crippen LogP contribution in [-0.4, -0.2) is 43.7 Å². The van der Waals surface area contributed by atoms with Crippen LogP contribution in [0.15, 0.2) is 0 Å². The molecule has 16 heavy (non-hydrogen) atoms. The van der Waals surface area contributed by atoms with Crippen molar-refractivity contribution in [2.24, 2.45) is 5.92 Å². The Morgan fingerprint density at radius 2 is 2.12 bits per heavy atom. The summed E-state index contributed by atoms with van der Waals surface area (Å²) in [4.78, 5) is 12.3. The molecule has 1 amide bonds. The number of nitrogens with one attached hydrogen (secondary N) is 1. The Morgan fingerprint density at radius 1 is 1.50 bits per heavy atom. The molecule has 1 fully saturated rings. The molecule has 0 unspecified atom stereocenters. The standard InChI is InChI=1S/C9H15F3N2O.ClH/c1-14(6-9(10,11)12)8(15)7-3-2-4-13-5-7;/h7,13H,2-6H2,1H3;1H/t7-;/m1./s1. The van der Waals surface area contributed by atoms with Crippen molar-refractivity contribution in [3.8, 4) is 0 Å². The van der Waals surface area contributed by atoms with Crippen LogP contribution in [0.25, 0.3) is 0 Å². The van der Waals surface area contributed by atoms with Gasteiger partial charge >= 0.3 is 6.18 Å². The lowest BCUT2D eigenvalue weighted by molar-refractivity contribution is -0.161. The van der Waals surface area contributed by atoms with Crippen LogP contribution in [0.4, 0.5) is 13.2 Å². The number of alkyl halides is 3. The highest BCUT2D eigenvalue weighted by Crippen LogP contribution is 2.18. The molecule has 1 heterocycles. The first kappa shape index (κ1) is 15.5. The first-order chi connectivity index (χ1) is 6.90. The topological polar surface area (TPSA) is 32.3 Å². The summed E-state index contributed by atoms with van der Waals surface area (Å²) in [7, 11) is 1.20. The van der Waals surface area contributed by atoms with Gasteiger partial charge in [0, 0.05) is 13.6 Å². The SMILES string of the molecule is CN(CC(F)(F)F)C(=O)[C@@H]1CCCNC1.Cl. The van der Waals surface area contributed by atoms with Gasteiger partial charge in [-0.3, -0.25) is 4.79 Å². The van der Waals surface area contributed by atoms with Crippen molar-refractivity contribution in [2.45, 2.75) is 19.0 Å². The van der Waals surface area contributed by atoms with Gasteiger partial charge in [0.15, 0.2) is 0 Å². The van der Waals surface area contributed by atoms with E-state index < -0.39 is 18.6 Å². The maximum Gasteiger partial charge on any atom is 0.406 e. The minimum Gasteiger partial charge on any atom is -0.336 e. The molecule has 0 radical (unpaired) electrons. The highest BCUT2D eigenvalue weighted by Gasteiger charge is 2.33. The van der Waals surface area contributed by atoms with E-state index in [1.807, 2.05) is 0 Å². The second-order valence-electron chi connectivity index (χ2n) is 3.85. The summed E-state index contributed by atoms with van der Waals surface area (Å²) in [5.74, 6) is -0.717. The van der Waals surface area contributed by atoms with Gasteiger partial charge < -0.3 is 10.2 Å². The number of carbonyl (C=O) groups excluding carboxylic acids is 1.